The lowest BCUT2D eigenvalue weighted by molar-refractivity contribution is -0.121. The fourth-order valence-electron chi connectivity index (χ4n) is 3.35. The second-order valence-corrected chi connectivity index (χ2v) is 7.17. The number of hydrogen-bond acceptors (Lipinski definition) is 4. The van der Waals surface area contributed by atoms with Gasteiger partial charge in [0.25, 0.3) is 0 Å². The van der Waals surface area contributed by atoms with Gasteiger partial charge in [0.1, 0.15) is 12.1 Å². The van der Waals surface area contributed by atoms with E-state index >= 15 is 0 Å². The van der Waals surface area contributed by atoms with E-state index in [0.29, 0.717) is 12.8 Å². The van der Waals surface area contributed by atoms with E-state index < -0.39 is 17.8 Å². The van der Waals surface area contributed by atoms with Crippen LogP contribution in [0.15, 0.2) is 0 Å². The molecule has 130 valence electrons. The summed E-state index contributed by atoms with van der Waals surface area (Å²) < 4.78 is 5.06. The third-order valence-corrected chi connectivity index (χ3v) is 4.11. The van der Waals surface area contributed by atoms with Crippen molar-refractivity contribution in [2.24, 2.45) is 0 Å². The minimum Gasteiger partial charge on any atom is -0.465 e. The molecule has 0 saturated carbocycles. The average molecular weight is 327 g/mol. The first kappa shape index (κ1) is 17.4. The largest absolute Gasteiger partial charge is 0.465 e. The Bertz CT molecular complexity index is 474. The third kappa shape index (κ3) is 4.74. The Morgan fingerprint density at radius 2 is 1.74 bits per heavy atom. The molecule has 2 heterocycles. The maximum atomic E-state index is 11.9. The van der Waals surface area contributed by atoms with Crippen LogP contribution in [0.2, 0.25) is 0 Å². The minimum atomic E-state index is -0.881. The molecule has 0 unspecified atom stereocenters. The Kier molecular flexibility index (Phi) is 5.01. The van der Waals surface area contributed by atoms with Gasteiger partial charge in [0.05, 0.1) is 0 Å². The highest BCUT2D eigenvalue weighted by Crippen LogP contribution is 2.35. The number of amides is 3. The number of nitrogens with zero attached hydrogens (tertiary/aromatic N) is 1. The summed E-state index contributed by atoms with van der Waals surface area (Å²) in [6.07, 6.45) is 1.43. The van der Waals surface area contributed by atoms with Crippen molar-refractivity contribution in [2.45, 2.75) is 70.2 Å². The van der Waals surface area contributed by atoms with Crippen molar-refractivity contribution in [1.29, 1.82) is 0 Å². The Labute approximate surface area is 135 Å². The minimum absolute atomic E-state index is 0.0182. The van der Waals surface area contributed by atoms with E-state index in [0.717, 1.165) is 12.8 Å². The van der Waals surface area contributed by atoms with Crippen LogP contribution in [0.25, 0.3) is 0 Å². The number of alkyl carbamates (subject to hydrolysis) is 1. The maximum Gasteiger partial charge on any atom is 0.408 e. The first-order chi connectivity index (χ1) is 10.7. The number of carbonyl (C=O) groups excluding carboxylic acids is 2. The highest BCUT2D eigenvalue weighted by atomic mass is 16.6. The van der Waals surface area contributed by atoms with Crippen molar-refractivity contribution in [2.75, 3.05) is 6.54 Å². The van der Waals surface area contributed by atoms with Crippen LogP contribution in [0.1, 0.15) is 46.5 Å². The number of hydrogen-bond donors (Lipinski definition) is 3. The van der Waals surface area contributed by atoms with Crippen molar-refractivity contribution >= 4 is 18.1 Å². The molecule has 0 aromatic carbocycles. The molecule has 23 heavy (non-hydrogen) atoms. The highest BCUT2D eigenvalue weighted by Gasteiger charge is 2.43. The zero-order valence-corrected chi connectivity index (χ0v) is 13.8. The number of piperidine rings is 1. The van der Waals surface area contributed by atoms with Gasteiger partial charge in [-0.3, -0.25) is 4.79 Å². The third-order valence-electron chi connectivity index (χ3n) is 4.11. The fourth-order valence-corrected chi connectivity index (χ4v) is 3.35. The molecule has 2 saturated heterocycles. The summed E-state index contributed by atoms with van der Waals surface area (Å²) in [5.41, 5.74) is -0.608. The first-order valence-electron chi connectivity index (χ1n) is 7.93. The van der Waals surface area contributed by atoms with Crippen LogP contribution in [0.4, 0.5) is 9.59 Å². The lowest BCUT2D eigenvalue weighted by atomic mass is 9.98. The summed E-state index contributed by atoms with van der Waals surface area (Å²) in [6.45, 7) is 5.10. The summed E-state index contributed by atoms with van der Waals surface area (Å²) >= 11 is 0. The molecule has 2 rings (SSSR count). The average Bonchev–Trinajstić information content (AvgIpc) is 2.67. The van der Waals surface area contributed by atoms with Gasteiger partial charge < -0.3 is 25.4 Å². The van der Waals surface area contributed by atoms with Crippen LogP contribution >= 0.6 is 0 Å². The predicted molar refractivity (Wildman–Crippen MR) is 82.1 cm³/mol. The van der Waals surface area contributed by atoms with Gasteiger partial charge in [0.15, 0.2) is 0 Å². The van der Waals surface area contributed by atoms with Crippen LogP contribution in [0.3, 0.4) is 0 Å². The summed E-state index contributed by atoms with van der Waals surface area (Å²) in [4.78, 5) is 36.1. The Morgan fingerprint density at radius 3 is 2.22 bits per heavy atom. The number of ether oxygens (including phenoxy) is 1. The molecule has 2 aliphatic rings. The van der Waals surface area contributed by atoms with Crippen molar-refractivity contribution in [3.05, 3.63) is 0 Å². The van der Waals surface area contributed by atoms with E-state index in [1.807, 2.05) is 0 Å². The van der Waals surface area contributed by atoms with E-state index in [4.69, 9.17) is 4.74 Å². The first-order valence-corrected chi connectivity index (χ1v) is 7.93. The topological polar surface area (TPSA) is 108 Å². The fraction of sp³-hybridized carbons (Fsp3) is 0.800. The molecule has 0 aromatic heterocycles. The molecule has 0 radical (unpaired) electrons. The molecule has 2 fully saturated rings. The zero-order chi connectivity index (χ0) is 17.2. The van der Waals surface area contributed by atoms with Gasteiger partial charge in [0, 0.05) is 18.1 Å². The number of nitrogens with one attached hydrogen (secondary N) is 2. The van der Waals surface area contributed by atoms with E-state index in [1.165, 1.54) is 4.90 Å². The normalized spacial score (nSPS) is 26.6. The Hall–Kier alpha value is -1.99. The standard InChI is InChI=1S/C15H25N3O5/c1-15(2,3)23-13(20)16-8-12(19)17-9-6-10-4-5-11(7-9)18(10)14(21)22/h9-11H,4-8H2,1-3H3,(H,16,20)(H,17,19)(H,21,22)/t9-,10+,11-. The van der Waals surface area contributed by atoms with Gasteiger partial charge in [-0.05, 0) is 46.5 Å². The van der Waals surface area contributed by atoms with Crippen molar-refractivity contribution < 1.29 is 24.2 Å². The summed E-state index contributed by atoms with van der Waals surface area (Å²) in [5.74, 6) is -0.288. The predicted octanol–water partition coefficient (Wildman–Crippen LogP) is 1.30. The van der Waals surface area contributed by atoms with Gasteiger partial charge in [-0.1, -0.05) is 0 Å². The smallest absolute Gasteiger partial charge is 0.408 e. The molecule has 0 aliphatic carbocycles. The molecule has 0 aromatic rings. The molecule has 0 spiro atoms. The summed E-state index contributed by atoms with van der Waals surface area (Å²) in [5, 5.41) is 14.5. The maximum absolute atomic E-state index is 11.9. The van der Waals surface area contributed by atoms with Crippen LogP contribution in [-0.4, -0.2) is 58.4 Å². The molecule has 8 nitrogen and oxygen atoms in total. The SMILES string of the molecule is CC(C)(C)OC(=O)NCC(=O)N[C@H]1C[C@H]2CC[C@@H](C1)N2C(=O)O. The number of rotatable bonds is 3. The number of carboxylic acid groups (broad SMARTS) is 1. The van der Waals surface area contributed by atoms with Gasteiger partial charge in [0.2, 0.25) is 5.91 Å². The van der Waals surface area contributed by atoms with Crippen molar-refractivity contribution in [3.8, 4) is 0 Å². The molecular weight excluding hydrogens is 302 g/mol. The molecule has 2 aliphatic heterocycles. The molecule has 3 N–H and O–H groups in total. The van der Waals surface area contributed by atoms with Crippen molar-refractivity contribution in [3.63, 3.8) is 0 Å². The molecule has 2 bridgehead atoms. The quantitative estimate of drug-likeness (QED) is 0.724. The zero-order valence-electron chi connectivity index (χ0n) is 13.8. The molecule has 3 amide bonds. The van der Waals surface area contributed by atoms with E-state index in [-0.39, 0.29) is 30.6 Å². The van der Waals surface area contributed by atoms with Gasteiger partial charge in [-0.15, -0.1) is 0 Å². The van der Waals surface area contributed by atoms with E-state index in [2.05, 4.69) is 10.6 Å². The number of carbonyl (C=O) groups is 3. The van der Waals surface area contributed by atoms with Crippen LogP contribution in [-0.2, 0) is 9.53 Å². The second-order valence-electron chi connectivity index (χ2n) is 7.17. The van der Waals surface area contributed by atoms with E-state index in [1.54, 1.807) is 20.8 Å². The summed E-state index contributed by atoms with van der Waals surface area (Å²) in [7, 11) is 0. The van der Waals surface area contributed by atoms with E-state index in [9.17, 15) is 19.5 Å². The lowest BCUT2D eigenvalue weighted by Crippen LogP contribution is -2.53. The Morgan fingerprint density at radius 1 is 1.17 bits per heavy atom. The second kappa shape index (κ2) is 6.64. The van der Waals surface area contributed by atoms with Crippen LogP contribution in [0.5, 0.6) is 0 Å². The van der Waals surface area contributed by atoms with Gasteiger partial charge in [-0.25, -0.2) is 9.59 Å². The number of fused-ring (bicyclic) bond motifs is 2. The Balaban J connectivity index is 1.75. The van der Waals surface area contributed by atoms with Gasteiger partial charge in [-0.2, -0.15) is 0 Å². The lowest BCUT2D eigenvalue weighted by Gasteiger charge is -2.37. The summed E-state index contributed by atoms with van der Waals surface area (Å²) in [6, 6.07) is -0.0817. The van der Waals surface area contributed by atoms with Crippen molar-refractivity contribution in [1.82, 2.24) is 15.5 Å². The van der Waals surface area contributed by atoms with Gasteiger partial charge >= 0.3 is 12.2 Å². The van der Waals surface area contributed by atoms with Crippen LogP contribution < -0.4 is 10.6 Å². The molecule has 8 heteroatoms. The highest BCUT2D eigenvalue weighted by molar-refractivity contribution is 5.82. The van der Waals surface area contributed by atoms with Crippen LogP contribution in [0, 0.1) is 0 Å². The molecular formula is C15H25N3O5. The monoisotopic (exact) mass is 327 g/mol. The molecule has 3 atom stereocenters.